The predicted molar refractivity (Wildman–Crippen MR) is 69.7 cm³/mol. The van der Waals surface area contributed by atoms with Crippen molar-refractivity contribution < 1.29 is 0 Å². The molecule has 0 aromatic carbocycles. The van der Waals surface area contributed by atoms with Gasteiger partial charge in [0.25, 0.3) is 0 Å². The van der Waals surface area contributed by atoms with Crippen molar-refractivity contribution in [1.82, 2.24) is 0 Å². The van der Waals surface area contributed by atoms with Gasteiger partial charge in [-0.25, -0.2) is 0 Å². The van der Waals surface area contributed by atoms with Gasteiger partial charge in [-0.15, -0.1) is 0 Å². The smallest absolute Gasteiger partial charge is 0.0117 e. The van der Waals surface area contributed by atoms with Gasteiger partial charge in [-0.1, -0.05) is 38.5 Å². The molecule has 0 amide bonds. The van der Waals surface area contributed by atoms with Gasteiger partial charge in [0, 0.05) is 0 Å². The maximum absolute atomic E-state index is 4.98. The summed E-state index contributed by atoms with van der Waals surface area (Å²) in [6.07, 6.45) is 14.9. The third kappa shape index (κ3) is 2.89. The Morgan fingerprint density at radius 1 is 0.643 bits per heavy atom. The van der Waals surface area contributed by atoms with Gasteiger partial charge in [0.1, 0.15) is 0 Å². The van der Waals surface area contributed by atoms with Crippen molar-refractivity contribution in [3.8, 4) is 0 Å². The summed E-state index contributed by atoms with van der Waals surface area (Å²) in [7, 11) is 0.0776. The van der Waals surface area contributed by atoms with Gasteiger partial charge < -0.3 is 0 Å². The molecule has 0 spiro atoms. The molecule has 0 saturated heterocycles. The zero-order valence-corrected chi connectivity index (χ0v) is 10.9. The van der Waals surface area contributed by atoms with Crippen LogP contribution in [0.3, 0.4) is 0 Å². The first-order valence-electron chi connectivity index (χ1n) is 6.35. The lowest BCUT2D eigenvalue weighted by atomic mass is 10.00. The minimum atomic E-state index is 0.0776. The maximum Gasteiger partial charge on any atom is -0.0117 e. The molecule has 0 aromatic rings. The quantitative estimate of drug-likeness (QED) is 0.502. The van der Waals surface area contributed by atoms with E-state index in [2.05, 4.69) is 0 Å². The van der Waals surface area contributed by atoms with E-state index in [-0.39, 0.29) is 7.12 Å². The van der Waals surface area contributed by atoms with Crippen LogP contribution in [0, 0.1) is 0 Å². The largest absolute Gasteiger partial charge is 0.151 e. The van der Waals surface area contributed by atoms with Crippen molar-refractivity contribution in [2.75, 3.05) is 0 Å². The van der Waals surface area contributed by atoms with Crippen molar-refractivity contribution >= 4 is 19.4 Å². The first kappa shape index (κ1) is 11.3. The average Bonchev–Trinajstić information content (AvgIpc) is 2.30. The van der Waals surface area contributed by atoms with E-state index in [9.17, 15) is 0 Å². The van der Waals surface area contributed by atoms with Gasteiger partial charge in [-0.3, -0.25) is 0 Å². The molecule has 2 rings (SSSR count). The summed E-state index contributed by atoms with van der Waals surface area (Å²) in [6, 6.07) is 0. The number of hydrogen-bond acceptors (Lipinski definition) is 1. The Morgan fingerprint density at radius 2 is 1.00 bits per heavy atom. The molecule has 2 saturated carbocycles. The second kappa shape index (κ2) is 5.75. The fraction of sp³-hybridized carbons (Fsp3) is 1.00. The van der Waals surface area contributed by atoms with E-state index < -0.39 is 0 Å². The molecule has 14 heavy (non-hydrogen) atoms. The molecule has 0 aromatic heterocycles. The standard InChI is InChI=1S/C12H23PS/c14-13(11-7-3-1-4-8-11)12-9-5-2-6-10-12/h11-12,14H,1-10H2. The minimum absolute atomic E-state index is 0.0776. The lowest BCUT2D eigenvalue weighted by Crippen LogP contribution is -2.17. The van der Waals surface area contributed by atoms with Crippen LogP contribution in [0.2, 0.25) is 0 Å². The molecular formula is C12H23PS. The molecule has 0 atom stereocenters. The average molecular weight is 230 g/mol. The summed E-state index contributed by atoms with van der Waals surface area (Å²) in [5.74, 6) is 0. The van der Waals surface area contributed by atoms with Gasteiger partial charge >= 0.3 is 0 Å². The van der Waals surface area contributed by atoms with Crippen LogP contribution in [-0.4, -0.2) is 11.3 Å². The normalized spacial score (nSPS) is 27.0. The maximum atomic E-state index is 4.98. The topological polar surface area (TPSA) is 0 Å². The van der Waals surface area contributed by atoms with Crippen LogP contribution >= 0.6 is 19.4 Å². The third-order valence-electron chi connectivity index (χ3n) is 3.90. The van der Waals surface area contributed by atoms with E-state index in [1.807, 2.05) is 0 Å². The fourth-order valence-electron chi connectivity index (χ4n) is 2.99. The number of hydrogen-bond donors (Lipinski definition) is 1. The van der Waals surface area contributed by atoms with Crippen LogP contribution in [0.4, 0.5) is 0 Å². The first-order valence-corrected chi connectivity index (χ1v) is 8.98. The van der Waals surface area contributed by atoms with E-state index in [0.29, 0.717) is 0 Å². The second-order valence-corrected chi connectivity index (χ2v) is 8.57. The van der Waals surface area contributed by atoms with Crippen LogP contribution in [0.1, 0.15) is 64.2 Å². The van der Waals surface area contributed by atoms with Crippen molar-refractivity contribution in [1.29, 1.82) is 0 Å². The van der Waals surface area contributed by atoms with Crippen LogP contribution in [0.25, 0.3) is 0 Å². The van der Waals surface area contributed by atoms with Crippen molar-refractivity contribution in [3.63, 3.8) is 0 Å². The summed E-state index contributed by atoms with van der Waals surface area (Å²) in [5, 5.41) is 0. The van der Waals surface area contributed by atoms with Crippen LogP contribution in [-0.2, 0) is 0 Å². The molecule has 0 unspecified atom stereocenters. The highest BCUT2D eigenvalue weighted by molar-refractivity contribution is 8.45. The Morgan fingerprint density at radius 3 is 1.36 bits per heavy atom. The minimum Gasteiger partial charge on any atom is -0.151 e. The molecule has 0 heterocycles. The third-order valence-corrected chi connectivity index (χ3v) is 8.39. The Kier molecular flexibility index (Phi) is 4.63. The highest BCUT2D eigenvalue weighted by Gasteiger charge is 2.28. The van der Waals surface area contributed by atoms with E-state index >= 15 is 0 Å². The molecule has 2 aliphatic rings. The lowest BCUT2D eigenvalue weighted by molar-refractivity contribution is 0.488. The van der Waals surface area contributed by atoms with Crippen LogP contribution in [0.15, 0.2) is 0 Å². The zero-order chi connectivity index (χ0) is 9.80. The van der Waals surface area contributed by atoms with Gasteiger partial charge in [0.15, 0.2) is 0 Å². The molecule has 0 N–H and O–H groups in total. The first-order chi connectivity index (χ1) is 6.88. The van der Waals surface area contributed by atoms with E-state index in [1.165, 1.54) is 64.2 Å². The number of thiol groups is 1. The van der Waals surface area contributed by atoms with E-state index in [4.69, 9.17) is 12.2 Å². The fourth-order valence-corrected chi connectivity index (χ4v) is 6.76. The Bertz CT molecular complexity index is 142. The predicted octanol–water partition coefficient (Wildman–Crippen LogP) is 4.98. The Hall–Kier alpha value is 0.780. The molecule has 0 aliphatic heterocycles. The van der Waals surface area contributed by atoms with Gasteiger partial charge in [0.2, 0.25) is 0 Å². The zero-order valence-electron chi connectivity index (χ0n) is 9.12. The summed E-state index contributed by atoms with van der Waals surface area (Å²) in [6.45, 7) is 0. The van der Waals surface area contributed by atoms with Crippen LogP contribution in [0.5, 0.6) is 0 Å². The highest BCUT2D eigenvalue weighted by atomic mass is 32.7. The summed E-state index contributed by atoms with van der Waals surface area (Å²) >= 11 is 4.98. The monoisotopic (exact) mass is 230 g/mol. The highest BCUT2D eigenvalue weighted by Crippen LogP contribution is 2.58. The second-order valence-electron chi connectivity index (χ2n) is 4.96. The molecule has 0 nitrogen and oxygen atoms in total. The summed E-state index contributed by atoms with van der Waals surface area (Å²) in [4.78, 5) is 0. The molecule has 2 fully saturated rings. The molecule has 0 radical (unpaired) electrons. The van der Waals surface area contributed by atoms with Gasteiger partial charge in [-0.05, 0) is 44.1 Å². The molecule has 0 bridgehead atoms. The van der Waals surface area contributed by atoms with Crippen molar-refractivity contribution in [3.05, 3.63) is 0 Å². The van der Waals surface area contributed by atoms with Gasteiger partial charge in [-0.2, -0.15) is 12.2 Å². The lowest BCUT2D eigenvalue weighted by Gasteiger charge is -2.35. The van der Waals surface area contributed by atoms with Crippen LogP contribution < -0.4 is 0 Å². The SMILES string of the molecule is SP(C1CCCCC1)C1CCCCC1. The number of rotatable bonds is 2. The van der Waals surface area contributed by atoms with E-state index in [1.54, 1.807) is 0 Å². The van der Waals surface area contributed by atoms with E-state index in [0.717, 1.165) is 11.3 Å². The Labute approximate surface area is 95.1 Å². The summed E-state index contributed by atoms with van der Waals surface area (Å²) in [5.41, 5.74) is 2.04. The molecule has 2 heteroatoms. The summed E-state index contributed by atoms with van der Waals surface area (Å²) < 4.78 is 0. The molecule has 2 aliphatic carbocycles. The van der Waals surface area contributed by atoms with Crippen molar-refractivity contribution in [2.24, 2.45) is 0 Å². The Balaban J connectivity index is 1.82. The molecular weight excluding hydrogens is 207 g/mol. The van der Waals surface area contributed by atoms with Gasteiger partial charge in [0.05, 0.1) is 0 Å². The molecule has 82 valence electrons. The van der Waals surface area contributed by atoms with Crippen molar-refractivity contribution in [2.45, 2.75) is 75.5 Å².